The van der Waals surface area contributed by atoms with Crippen molar-refractivity contribution in [1.82, 2.24) is 0 Å². The molecule has 78 valence electrons. The highest BCUT2D eigenvalue weighted by atomic mass is 35.5. The minimum atomic E-state index is -4.64. The van der Waals surface area contributed by atoms with Gasteiger partial charge >= 0.3 is 6.18 Å². The van der Waals surface area contributed by atoms with Gasteiger partial charge in [0.1, 0.15) is 5.82 Å². The maximum atomic E-state index is 12.8. The fourth-order valence-electron chi connectivity index (χ4n) is 0.925. The van der Waals surface area contributed by atoms with E-state index in [9.17, 15) is 17.6 Å². The number of benzene rings is 1. The minimum absolute atomic E-state index is 0.279. The van der Waals surface area contributed by atoms with Gasteiger partial charge in [-0.05, 0) is 17.7 Å². The molecule has 0 aromatic heterocycles. The molecule has 1 nitrogen and oxygen atoms in total. The van der Waals surface area contributed by atoms with Crippen LogP contribution in [0.25, 0.3) is 0 Å². The molecule has 1 aromatic carbocycles. The van der Waals surface area contributed by atoms with Crippen LogP contribution in [-0.2, 0) is 12.8 Å². The first-order chi connectivity index (χ1) is 6.36. The third-order valence-corrected chi connectivity index (χ3v) is 2.02. The summed E-state index contributed by atoms with van der Waals surface area (Å²) >= 11 is 5.31. The summed E-state index contributed by atoms with van der Waals surface area (Å²) in [7, 11) is 0. The maximum absolute atomic E-state index is 12.8. The lowest BCUT2D eigenvalue weighted by atomic mass is 10.1. The van der Waals surface area contributed by atoms with Crippen molar-refractivity contribution in [2.24, 2.45) is 0 Å². The summed E-state index contributed by atoms with van der Waals surface area (Å²) < 4.78 is 49.2. The molecule has 0 heterocycles. The molecule has 1 N–H and O–H groups in total. The van der Waals surface area contributed by atoms with E-state index in [1.165, 1.54) is 0 Å². The van der Waals surface area contributed by atoms with Crippen LogP contribution in [0.1, 0.15) is 11.1 Å². The van der Waals surface area contributed by atoms with Crippen molar-refractivity contribution < 1.29 is 22.7 Å². The number of halogens is 5. The average molecular weight is 229 g/mol. The molecule has 6 heteroatoms. The van der Waals surface area contributed by atoms with E-state index in [0.717, 1.165) is 0 Å². The highest BCUT2D eigenvalue weighted by Gasteiger charge is 2.32. The second-order valence-corrected chi connectivity index (χ2v) is 2.97. The zero-order valence-electron chi connectivity index (χ0n) is 6.70. The Kier molecular flexibility index (Phi) is 3.01. The summed E-state index contributed by atoms with van der Waals surface area (Å²) in [5, 5.41) is 8.13. The molecule has 0 aliphatic carbocycles. The van der Waals surface area contributed by atoms with Crippen LogP contribution in [0.3, 0.4) is 0 Å². The van der Waals surface area contributed by atoms with Crippen LogP contribution in [0.5, 0.6) is 0 Å². The summed E-state index contributed by atoms with van der Waals surface area (Å²) in [5.74, 6) is -1.19. The van der Waals surface area contributed by atoms with Gasteiger partial charge in [-0.1, -0.05) is 11.6 Å². The summed E-state index contributed by atoms with van der Waals surface area (Å²) in [4.78, 5) is 0. The number of aliphatic hydroxyl groups excluding tert-OH is 1. The van der Waals surface area contributed by atoms with Crippen LogP contribution in [-0.4, -0.2) is 5.11 Å². The van der Waals surface area contributed by atoms with Crippen LogP contribution in [0.2, 0.25) is 5.02 Å². The van der Waals surface area contributed by atoms with Gasteiger partial charge in [-0.15, -0.1) is 0 Å². The second-order valence-electron chi connectivity index (χ2n) is 2.59. The van der Waals surface area contributed by atoms with Crippen molar-refractivity contribution in [2.45, 2.75) is 12.8 Å². The number of hydrogen-bond acceptors (Lipinski definition) is 1. The number of alkyl halides is 3. The van der Waals surface area contributed by atoms with Crippen molar-refractivity contribution in [3.63, 3.8) is 0 Å². The van der Waals surface area contributed by atoms with E-state index in [1.807, 2.05) is 0 Å². The van der Waals surface area contributed by atoms with Crippen molar-refractivity contribution in [3.05, 3.63) is 34.1 Å². The van der Waals surface area contributed by atoms with Gasteiger partial charge < -0.3 is 5.11 Å². The molecule has 0 spiro atoms. The lowest BCUT2D eigenvalue weighted by Gasteiger charge is -2.09. The molecule has 1 rings (SSSR count). The zero-order valence-corrected chi connectivity index (χ0v) is 7.45. The standard InChI is InChI=1S/C8H5ClF4O/c9-7-4(3-14)1-5(2-6(7)10)8(11,12)13/h1-2,14H,3H2. The molecule has 0 saturated heterocycles. The molecule has 0 aliphatic heterocycles. The molecule has 1 aromatic rings. The van der Waals surface area contributed by atoms with Gasteiger partial charge in [-0.25, -0.2) is 4.39 Å². The summed E-state index contributed by atoms with van der Waals surface area (Å²) in [6.45, 7) is -0.736. The maximum Gasteiger partial charge on any atom is 0.416 e. The quantitative estimate of drug-likeness (QED) is 0.733. The molecule has 0 fully saturated rings. The van der Waals surface area contributed by atoms with Gasteiger partial charge in [0.05, 0.1) is 17.2 Å². The summed E-state index contributed by atoms with van der Waals surface area (Å²) in [6, 6.07) is 0.910. The van der Waals surface area contributed by atoms with Gasteiger partial charge in [-0.2, -0.15) is 13.2 Å². The zero-order chi connectivity index (χ0) is 10.9. The van der Waals surface area contributed by atoms with Crippen molar-refractivity contribution in [1.29, 1.82) is 0 Å². The Balaban J connectivity index is 3.30. The second kappa shape index (κ2) is 3.74. The predicted octanol–water partition coefficient (Wildman–Crippen LogP) is 2.99. The van der Waals surface area contributed by atoms with Gasteiger partial charge in [0.2, 0.25) is 0 Å². The van der Waals surface area contributed by atoms with Gasteiger partial charge in [-0.3, -0.25) is 0 Å². The van der Waals surface area contributed by atoms with E-state index in [1.54, 1.807) is 0 Å². The van der Waals surface area contributed by atoms with Crippen molar-refractivity contribution in [3.8, 4) is 0 Å². The Morgan fingerprint density at radius 2 is 1.86 bits per heavy atom. The van der Waals surface area contributed by atoms with Crippen LogP contribution >= 0.6 is 11.6 Å². The molecule has 0 bridgehead atoms. The normalized spacial score (nSPS) is 11.9. The SMILES string of the molecule is OCc1cc(C(F)(F)F)cc(F)c1Cl. The van der Waals surface area contributed by atoms with Crippen LogP contribution < -0.4 is 0 Å². The first kappa shape index (κ1) is 11.3. The third kappa shape index (κ3) is 2.16. The number of hydrogen-bond donors (Lipinski definition) is 1. The Bertz CT molecular complexity index is 348. The largest absolute Gasteiger partial charge is 0.416 e. The third-order valence-electron chi connectivity index (χ3n) is 1.60. The van der Waals surface area contributed by atoms with Crippen molar-refractivity contribution >= 4 is 11.6 Å². The van der Waals surface area contributed by atoms with Crippen LogP contribution in [0.15, 0.2) is 12.1 Å². The predicted molar refractivity (Wildman–Crippen MR) is 42.3 cm³/mol. The lowest BCUT2D eigenvalue weighted by Crippen LogP contribution is -2.07. The highest BCUT2D eigenvalue weighted by molar-refractivity contribution is 6.31. The smallest absolute Gasteiger partial charge is 0.392 e. The van der Waals surface area contributed by atoms with E-state index in [2.05, 4.69) is 0 Å². The Labute approximate surface area is 81.9 Å². The molecule has 0 aliphatic rings. The number of rotatable bonds is 1. The van der Waals surface area contributed by atoms with Gasteiger partial charge in [0.15, 0.2) is 0 Å². The van der Waals surface area contributed by atoms with Crippen LogP contribution in [0.4, 0.5) is 17.6 Å². The Hall–Kier alpha value is -0.810. The lowest BCUT2D eigenvalue weighted by molar-refractivity contribution is -0.137. The Morgan fingerprint density at radius 1 is 1.29 bits per heavy atom. The fraction of sp³-hybridized carbons (Fsp3) is 0.250. The Morgan fingerprint density at radius 3 is 2.29 bits per heavy atom. The molecular formula is C8H5ClF4O. The van der Waals surface area contributed by atoms with Crippen molar-refractivity contribution in [2.75, 3.05) is 0 Å². The highest BCUT2D eigenvalue weighted by Crippen LogP contribution is 2.33. The average Bonchev–Trinajstić information content (AvgIpc) is 2.07. The van der Waals surface area contributed by atoms with E-state index in [0.29, 0.717) is 12.1 Å². The van der Waals surface area contributed by atoms with E-state index in [4.69, 9.17) is 16.7 Å². The molecule has 0 atom stereocenters. The van der Waals surface area contributed by atoms with E-state index < -0.39 is 29.2 Å². The van der Waals surface area contributed by atoms with Crippen LogP contribution in [0, 0.1) is 5.82 Å². The fourth-order valence-corrected chi connectivity index (χ4v) is 1.09. The monoisotopic (exact) mass is 228 g/mol. The first-order valence-corrected chi connectivity index (χ1v) is 3.90. The minimum Gasteiger partial charge on any atom is -0.392 e. The molecule has 0 unspecified atom stereocenters. The molecular weight excluding hydrogens is 224 g/mol. The summed E-state index contributed by atoms with van der Waals surface area (Å²) in [6.07, 6.45) is -4.64. The summed E-state index contributed by atoms with van der Waals surface area (Å²) in [5.41, 5.74) is -1.44. The first-order valence-electron chi connectivity index (χ1n) is 3.52. The van der Waals surface area contributed by atoms with E-state index >= 15 is 0 Å². The molecule has 0 radical (unpaired) electrons. The molecule has 14 heavy (non-hydrogen) atoms. The number of aliphatic hydroxyl groups is 1. The van der Waals surface area contributed by atoms with Gasteiger partial charge in [0.25, 0.3) is 0 Å². The van der Waals surface area contributed by atoms with Gasteiger partial charge in [0, 0.05) is 0 Å². The van der Waals surface area contributed by atoms with E-state index in [-0.39, 0.29) is 5.56 Å². The molecule has 0 amide bonds. The molecule has 0 saturated carbocycles. The topological polar surface area (TPSA) is 20.2 Å².